The van der Waals surface area contributed by atoms with Gasteiger partial charge >= 0.3 is 0 Å². The normalized spacial score (nSPS) is 15.5. The lowest BCUT2D eigenvalue weighted by atomic mass is 10.2. The van der Waals surface area contributed by atoms with Gasteiger partial charge in [0.1, 0.15) is 11.5 Å². The maximum atomic E-state index is 12.7. The van der Waals surface area contributed by atoms with E-state index in [1.54, 1.807) is 0 Å². The second-order valence-electron chi connectivity index (χ2n) is 4.56. The molecule has 10 heteroatoms. The highest BCUT2D eigenvalue weighted by Crippen LogP contribution is 2.97. The number of nitrogens with zero attached hydrogens (tertiary/aromatic N) is 3. The number of rotatable bonds is 5. The van der Waals surface area contributed by atoms with Gasteiger partial charge in [-0.05, 0) is 30.7 Å². The van der Waals surface area contributed by atoms with Gasteiger partial charge in [0.2, 0.25) is 0 Å². The van der Waals surface area contributed by atoms with Crippen LogP contribution in [0.15, 0.2) is 30.5 Å². The van der Waals surface area contributed by atoms with E-state index in [0.717, 1.165) is 4.68 Å². The van der Waals surface area contributed by atoms with Gasteiger partial charge in [0.15, 0.2) is 0 Å². The van der Waals surface area contributed by atoms with Crippen molar-refractivity contribution in [1.29, 1.82) is 0 Å². The number of halogens is 6. The molecule has 0 amide bonds. The van der Waals surface area contributed by atoms with E-state index in [-0.39, 0.29) is 6.54 Å². The molecule has 0 spiro atoms. The van der Waals surface area contributed by atoms with Gasteiger partial charge in [-0.1, -0.05) is 24.6 Å². The third-order valence-electron chi connectivity index (χ3n) is 2.60. The van der Waals surface area contributed by atoms with Crippen LogP contribution in [0.2, 0.25) is 0 Å². The summed E-state index contributed by atoms with van der Waals surface area (Å²) in [5.74, 6) is -2.58. The van der Waals surface area contributed by atoms with Crippen molar-refractivity contribution in [1.82, 2.24) is 15.0 Å². The molecule has 0 radical (unpaired) electrons. The molecule has 0 fully saturated rings. The van der Waals surface area contributed by atoms with Crippen molar-refractivity contribution in [2.24, 2.45) is 0 Å². The molecular weight excluding hydrogens is 320 g/mol. The lowest BCUT2D eigenvalue weighted by molar-refractivity contribution is 0.359. The fraction of sp³-hybridized carbons (Fsp3) is 0.273. The van der Waals surface area contributed by atoms with Crippen LogP contribution in [0.4, 0.5) is 23.8 Å². The molecule has 0 N–H and O–H groups in total. The third-order valence-corrected chi connectivity index (χ3v) is 3.66. The summed E-state index contributed by atoms with van der Waals surface area (Å²) in [6.07, 6.45) is 0.531. The lowest BCUT2D eigenvalue weighted by Crippen LogP contribution is -2.13. The van der Waals surface area contributed by atoms with E-state index in [9.17, 15) is 23.8 Å². The van der Waals surface area contributed by atoms with Crippen LogP contribution in [0.1, 0.15) is 6.42 Å². The molecule has 0 bridgehead atoms. The van der Waals surface area contributed by atoms with Crippen molar-refractivity contribution in [2.75, 3.05) is 5.75 Å². The van der Waals surface area contributed by atoms with Crippen LogP contribution < -0.4 is 0 Å². The maximum Gasteiger partial charge on any atom is 0.285 e. The standard InChI is InChI=1S/C11H11F6N3S/c12-10-4-2-9(3-5-10)11-8-20(19-18-11)6-1-7-21(13,14,15,16)17/h2-5,8H,1,6-7H2. The molecule has 1 aromatic heterocycles. The van der Waals surface area contributed by atoms with Gasteiger partial charge in [0, 0.05) is 12.1 Å². The molecule has 3 nitrogen and oxygen atoms in total. The van der Waals surface area contributed by atoms with Gasteiger partial charge in [-0.25, -0.2) is 4.39 Å². The highest BCUT2D eigenvalue weighted by molar-refractivity contribution is 8.45. The highest BCUT2D eigenvalue weighted by Gasteiger charge is 2.62. The van der Waals surface area contributed by atoms with Gasteiger partial charge in [0.05, 0.1) is 11.9 Å². The summed E-state index contributed by atoms with van der Waals surface area (Å²) in [6.45, 7) is -0.334. The summed E-state index contributed by atoms with van der Waals surface area (Å²) >= 11 is 0. The number of hydrogen-bond acceptors (Lipinski definition) is 2. The SMILES string of the molecule is Fc1ccc(-c2cn(CCCS(F)(F)(F)(F)F)nn2)cc1. The Hall–Kier alpha value is -1.71. The second kappa shape index (κ2) is 4.39. The Kier molecular flexibility index (Phi) is 3.28. The Bertz CT molecular complexity index is 634. The van der Waals surface area contributed by atoms with Crippen molar-refractivity contribution < 1.29 is 23.8 Å². The first-order chi connectivity index (χ1) is 9.41. The summed E-state index contributed by atoms with van der Waals surface area (Å²) in [4.78, 5) is 0. The molecule has 0 saturated heterocycles. The van der Waals surface area contributed by atoms with Crippen molar-refractivity contribution >= 4 is 10.2 Å². The van der Waals surface area contributed by atoms with Crippen molar-refractivity contribution in [3.05, 3.63) is 36.3 Å². The fourth-order valence-corrected chi connectivity index (χ4v) is 2.33. The van der Waals surface area contributed by atoms with E-state index in [1.807, 2.05) is 0 Å². The smallest absolute Gasteiger partial charge is 0.252 e. The zero-order chi connectivity index (χ0) is 15.8. The highest BCUT2D eigenvalue weighted by atomic mass is 32.5. The van der Waals surface area contributed by atoms with Crippen molar-refractivity contribution in [3.63, 3.8) is 0 Å². The van der Waals surface area contributed by atoms with E-state index in [2.05, 4.69) is 10.3 Å². The maximum absolute atomic E-state index is 12.7. The van der Waals surface area contributed by atoms with Crippen LogP contribution >= 0.6 is 10.2 Å². The Morgan fingerprint density at radius 1 is 1.00 bits per heavy atom. The molecule has 2 rings (SSSR count). The molecule has 2 aromatic rings. The summed E-state index contributed by atoms with van der Waals surface area (Å²) in [7, 11) is -9.37. The van der Waals surface area contributed by atoms with Crippen LogP contribution in [-0.2, 0) is 6.54 Å². The topological polar surface area (TPSA) is 30.7 Å². The van der Waals surface area contributed by atoms with Crippen LogP contribution in [-0.4, -0.2) is 20.7 Å². The monoisotopic (exact) mass is 331 g/mol. The predicted molar refractivity (Wildman–Crippen MR) is 68.0 cm³/mol. The van der Waals surface area contributed by atoms with E-state index < -0.39 is 28.2 Å². The lowest BCUT2D eigenvalue weighted by Gasteiger charge is -2.40. The minimum atomic E-state index is -9.37. The molecular formula is C11H11F6N3S. The first kappa shape index (κ1) is 15.7. The molecule has 0 aliphatic rings. The molecule has 0 atom stereocenters. The largest absolute Gasteiger partial charge is 0.285 e. The van der Waals surface area contributed by atoms with Gasteiger partial charge in [0.25, 0.3) is 10.2 Å². The second-order valence-corrected chi connectivity index (χ2v) is 7.23. The Labute approximate surface area is 116 Å². The minimum absolute atomic E-state index is 0.322. The van der Waals surface area contributed by atoms with E-state index in [0.29, 0.717) is 11.3 Å². The Morgan fingerprint density at radius 3 is 2.19 bits per heavy atom. The summed E-state index contributed by atoms with van der Waals surface area (Å²) in [6, 6.07) is 5.25. The average Bonchev–Trinajstić information content (AvgIpc) is 2.75. The molecule has 118 valence electrons. The van der Waals surface area contributed by atoms with E-state index in [4.69, 9.17) is 0 Å². The number of hydrogen-bond donors (Lipinski definition) is 0. The molecule has 0 unspecified atom stereocenters. The van der Waals surface area contributed by atoms with E-state index in [1.165, 1.54) is 30.5 Å². The number of aryl methyl sites for hydroxylation is 1. The molecule has 21 heavy (non-hydrogen) atoms. The van der Waals surface area contributed by atoms with Crippen LogP contribution in [0.3, 0.4) is 0 Å². The third kappa shape index (κ3) is 5.29. The van der Waals surface area contributed by atoms with Crippen molar-refractivity contribution in [2.45, 2.75) is 13.0 Å². The zero-order valence-corrected chi connectivity index (χ0v) is 11.3. The first-order valence-electron chi connectivity index (χ1n) is 5.81. The number of aromatic nitrogens is 3. The van der Waals surface area contributed by atoms with Gasteiger partial charge < -0.3 is 0 Å². The summed E-state index contributed by atoms with van der Waals surface area (Å²) in [5, 5.41) is 7.25. The summed E-state index contributed by atoms with van der Waals surface area (Å²) < 4.78 is 74.5. The molecule has 0 saturated carbocycles. The first-order valence-corrected chi connectivity index (χ1v) is 7.93. The molecule has 1 heterocycles. The van der Waals surface area contributed by atoms with Crippen LogP contribution in [0, 0.1) is 5.82 Å². The Morgan fingerprint density at radius 2 is 1.62 bits per heavy atom. The van der Waals surface area contributed by atoms with Crippen LogP contribution in [0.25, 0.3) is 11.3 Å². The molecule has 0 aliphatic heterocycles. The summed E-state index contributed by atoms with van der Waals surface area (Å²) in [5.41, 5.74) is 0.845. The quantitative estimate of drug-likeness (QED) is 0.739. The van der Waals surface area contributed by atoms with E-state index >= 15 is 0 Å². The fourth-order valence-electron chi connectivity index (χ4n) is 1.66. The van der Waals surface area contributed by atoms with Crippen molar-refractivity contribution in [3.8, 4) is 11.3 Å². The van der Waals surface area contributed by atoms with Crippen LogP contribution in [0.5, 0.6) is 0 Å². The molecule has 1 aromatic carbocycles. The van der Waals surface area contributed by atoms with Gasteiger partial charge in [-0.15, -0.1) is 5.10 Å². The Balaban J connectivity index is 2.00. The minimum Gasteiger partial charge on any atom is -0.252 e. The van der Waals surface area contributed by atoms with Gasteiger partial charge in [-0.3, -0.25) is 4.68 Å². The predicted octanol–water partition coefficient (Wildman–Crippen LogP) is 4.77. The average molecular weight is 331 g/mol. The van der Waals surface area contributed by atoms with Gasteiger partial charge in [-0.2, -0.15) is 0 Å². The molecule has 0 aliphatic carbocycles. The number of benzene rings is 1. The zero-order valence-electron chi connectivity index (χ0n) is 10.5.